The normalized spacial score (nSPS) is 14.8. The quantitative estimate of drug-likeness (QED) is 0.608. The van der Waals surface area contributed by atoms with Crippen molar-refractivity contribution >= 4 is 17.6 Å². The van der Waals surface area contributed by atoms with Crippen LogP contribution in [0, 0.1) is 13.8 Å². The molecule has 0 amide bonds. The molecule has 0 aliphatic rings. The summed E-state index contributed by atoms with van der Waals surface area (Å²) in [5.74, 6) is -1.75. The van der Waals surface area contributed by atoms with E-state index >= 15 is 0 Å². The second kappa shape index (κ2) is 8.65. The van der Waals surface area contributed by atoms with Gasteiger partial charge in [-0.2, -0.15) is 0 Å². The van der Waals surface area contributed by atoms with Crippen molar-refractivity contribution in [2.24, 2.45) is 5.73 Å². The molecule has 0 heterocycles. The number of nitrogens with zero attached hydrogens (tertiary/aromatic N) is 1. The number of ether oxygens (including phenoxy) is 1. The summed E-state index contributed by atoms with van der Waals surface area (Å²) >= 11 is 0. The number of rotatable bonds is 8. The topological polar surface area (TPSA) is 105 Å². The number of nitrogens with two attached hydrogens (primary N) is 1. The Morgan fingerprint density at radius 2 is 1.96 bits per heavy atom. The van der Waals surface area contributed by atoms with Crippen molar-refractivity contribution in [2.45, 2.75) is 39.0 Å². The first-order valence-electron chi connectivity index (χ1n) is 7.79. The maximum Gasteiger partial charge on any atom is 0.328 e. The number of carboxylic acids is 1. The van der Waals surface area contributed by atoms with Gasteiger partial charge in [0.25, 0.3) is 0 Å². The SMILES string of the molecule is Cc1ccc(N[C@@H](C)C(=O)OC(CN(C)C)C(N)C(=O)O)c(C)c1. The van der Waals surface area contributed by atoms with E-state index in [9.17, 15) is 9.59 Å². The zero-order valence-electron chi connectivity index (χ0n) is 14.9. The van der Waals surface area contributed by atoms with E-state index in [4.69, 9.17) is 15.6 Å². The molecule has 0 aliphatic heterocycles. The monoisotopic (exact) mass is 337 g/mol. The van der Waals surface area contributed by atoms with E-state index in [1.807, 2.05) is 32.0 Å². The maximum absolute atomic E-state index is 12.3. The zero-order chi connectivity index (χ0) is 18.4. The van der Waals surface area contributed by atoms with E-state index in [2.05, 4.69) is 5.32 Å². The standard InChI is InChI=1S/C17H27N3O4/c1-10-6-7-13(11(2)8-10)19-12(3)17(23)24-14(9-20(4)5)15(18)16(21)22/h6-8,12,14-15,19H,9,18H2,1-5H3,(H,21,22)/t12-,14?,15?/m0/s1. The van der Waals surface area contributed by atoms with E-state index in [0.29, 0.717) is 0 Å². The Bertz CT molecular complexity index is 589. The Labute approximate surface area is 142 Å². The molecule has 7 heteroatoms. The fraction of sp³-hybridized carbons (Fsp3) is 0.529. The number of esters is 1. The first-order valence-corrected chi connectivity index (χ1v) is 7.79. The number of carbonyl (C=O) groups is 2. The average Bonchev–Trinajstić information content (AvgIpc) is 2.47. The number of aryl methyl sites for hydroxylation is 2. The second-order valence-corrected chi connectivity index (χ2v) is 6.29. The summed E-state index contributed by atoms with van der Waals surface area (Å²) in [6, 6.07) is 3.95. The van der Waals surface area contributed by atoms with Crippen LogP contribution in [0.1, 0.15) is 18.1 Å². The molecule has 1 rings (SSSR count). The molecule has 3 atom stereocenters. The van der Waals surface area contributed by atoms with E-state index < -0.39 is 30.1 Å². The minimum absolute atomic E-state index is 0.232. The number of anilines is 1. The van der Waals surface area contributed by atoms with Crippen LogP contribution in [-0.4, -0.2) is 60.8 Å². The van der Waals surface area contributed by atoms with Gasteiger partial charge >= 0.3 is 11.9 Å². The van der Waals surface area contributed by atoms with Crippen molar-refractivity contribution in [3.63, 3.8) is 0 Å². The molecule has 0 saturated heterocycles. The lowest BCUT2D eigenvalue weighted by molar-refractivity contribution is -0.155. The highest BCUT2D eigenvalue weighted by Gasteiger charge is 2.30. The van der Waals surface area contributed by atoms with E-state index in [0.717, 1.165) is 16.8 Å². The van der Waals surface area contributed by atoms with Gasteiger partial charge in [-0.15, -0.1) is 0 Å². The van der Waals surface area contributed by atoms with Gasteiger partial charge in [0, 0.05) is 12.2 Å². The van der Waals surface area contributed by atoms with Gasteiger partial charge in [-0.3, -0.25) is 4.79 Å². The van der Waals surface area contributed by atoms with Gasteiger partial charge in [0.15, 0.2) is 0 Å². The first kappa shape index (κ1) is 19.9. The van der Waals surface area contributed by atoms with Crippen LogP contribution >= 0.6 is 0 Å². The van der Waals surface area contributed by atoms with Gasteiger partial charge < -0.3 is 25.8 Å². The Balaban J connectivity index is 2.77. The highest BCUT2D eigenvalue weighted by Crippen LogP contribution is 2.17. The summed E-state index contributed by atoms with van der Waals surface area (Å²) < 4.78 is 5.33. The van der Waals surface area contributed by atoms with Crippen molar-refractivity contribution in [3.8, 4) is 0 Å². The first-order chi connectivity index (χ1) is 11.1. The van der Waals surface area contributed by atoms with Crippen LogP contribution in [0.2, 0.25) is 0 Å². The predicted molar refractivity (Wildman–Crippen MR) is 93.0 cm³/mol. The molecule has 0 radical (unpaired) electrons. The lowest BCUT2D eigenvalue weighted by atomic mass is 10.1. The van der Waals surface area contributed by atoms with Crippen LogP contribution in [0.15, 0.2) is 18.2 Å². The predicted octanol–water partition coefficient (Wildman–Crippen LogP) is 0.989. The molecule has 0 saturated carbocycles. The number of hydrogen-bond acceptors (Lipinski definition) is 6. The summed E-state index contributed by atoms with van der Waals surface area (Å²) in [7, 11) is 3.51. The van der Waals surface area contributed by atoms with Crippen molar-refractivity contribution < 1.29 is 19.4 Å². The third-order valence-corrected chi connectivity index (χ3v) is 3.61. The fourth-order valence-electron chi connectivity index (χ4n) is 2.26. The summed E-state index contributed by atoms with van der Waals surface area (Å²) in [4.78, 5) is 25.1. The van der Waals surface area contributed by atoms with Crippen LogP contribution in [0.25, 0.3) is 0 Å². The molecule has 24 heavy (non-hydrogen) atoms. The van der Waals surface area contributed by atoms with Gasteiger partial charge in [0.05, 0.1) is 0 Å². The summed E-state index contributed by atoms with van der Waals surface area (Å²) in [5.41, 5.74) is 8.60. The average molecular weight is 337 g/mol. The van der Waals surface area contributed by atoms with Crippen LogP contribution in [0.5, 0.6) is 0 Å². The summed E-state index contributed by atoms with van der Waals surface area (Å²) in [5, 5.41) is 12.2. The minimum Gasteiger partial charge on any atom is -0.480 e. The molecule has 0 aliphatic carbocycles. The van der Waals surface area contributed by atoms with Gasteiger partial charge in [-0.05, 0) is 46.5 Å². The molecular formula is C17H27N3O4. The van der Waals surface area contributed by atoms with Crippen LogP contribution in [-0.2, 0) is 14.3 Å². The van der Waals surface area contributed by atoms with E-state index in [1.165, 1.54) is 0 Å². The molecule has 1 aromatic carbocycles. The number of carboxylic acid groups (broad SMARTS) is 1. The Kier molecular flexibility index (Phi) is 7.18. The Hall–Kier alpha value is -2.12. The number of benzene rings is 1. The number of aliphatic carboxylic acids is 1. The molecule has 0 bridgehead atoms. The highest BCUT2D eigenvalue weighted by atomic mass is 16.5. The maximum atomic E-state index is 12.3. The van der Waals surface area contributed by atoms with Crippen molar-refractivity contribution in [2.75, 3.05) is 26.0 Å². The molecule has 0 aromatic heterocycles. The smallest absolute Gasteiger partial charge is 0.328 e. The van der Waals surface area contributed by atoms with Crippen LogP contribution in [0.4, 0.5) is 5.69 Å². The Morgan fingerprint density at radius 1 is 1.33 bits per heavy atom. The third-order valence-electron chi connectivity index (χ3n) is 3.61. The highest BCUT2D eigenvalue weighted by molar-refractivity contribution is 5.80. The summed E-state index contributed by atoms with van der Waals surface area (Å²) in [6.45, 7) is 5.84. The Morgan fingerprint density at radius 3 is 2.46 bits per heavy atom. The fourth-order valence-corrected chi connectivity index (χ4v) is 2.26. The van der Waals surface area contributed by atoms with Crippen molar-refractivity contribution in [1.82, 2.24) is 4.90 Å². The van der Waals surface area contributed by atoms with Crippen molar-refractivity contribution in [3.05, 3.63) is 29.3 Å². The van der Waals surface area contributed by atoms with E-state index in [1.54, 1.807) is 25.9 Å². The number of likely N-dealkylation sites (N-methyl/N-ethyl adjacent to an activating group) is 1. The minimum atomic E-state index is -1.27. The largest absolute Gasteiger partial charge is 0.480 e. The zero-order valence-corrected chi connectivity index (χ0v) is 14.9. The molecule has 0 spiro atoms. The lowest BCUT2D eigenvalue weighted by Crippen LogP contribution is -2.50. The van der Waals surface area contributed by atoms with Gasteiger partial charge in [0.2, 0.25) is 0 Å². The van der Waals surface area contributed by atoms with Gasteiger partial charge in [0.1, 0.15) is 18.2 Å². The molecule has 4 N–H and O–H groups in total. The molecule has 2 unspecified atom stereocenters. The van der Waals surface area contributed by atoms with Crippen LogP contribution < -0.4 is 11.1 Å². The lowest BCUT2D eigenvalue weighted by Gasteiger charge is -2.26. The van der Waals surface area contributed by atoms with Gasteiger partial charge in [-0.25, -0.2) is 4.79 Å². The molecule has 7 nitrogen and oxygen atoms in total. The van der Waals surface area contributed by atoms with Crippen molar-refractivity contribution in [1.29, 1.82) is 0 Å². The molecule has 134 valence electrons. The van der Waals surface area contributed by atoms with Gasteiger partial charge in [-0.1, -0.05) is 17.7 Å². The van der Waals surface area contributed by atoms with Crippen LogP contribution in [0.3, 0.4) is 0 Å². The molecular weight excluding hydrogens is 310 g/mol. The molecule has 1 aromatic rings. The number of hydrogen-bond donors (Lipinski definition) is 3. The van der Waals surface area contributed by atoms with E-state index in [-0.39, 0.29) is 6.54 Å². The summed E-state index contributed by atoms with van der Waals surface area (Å²) in [6.07, 6.45) is -0.923. The number of nitrogens with one attached hydrogen (secondary N) is 1. The number of carbonyl (C=O) groups excluding carboxylic acids is 1. The second-order valence-electron chi connectivity index (χ2n) is 6.29. The molecule has 0 fully saturated rings. The third kappa shape index (κ3) is 5.82.